The summed E-state index contributed by atoms with van der Waals surface area (Å²) in [4.78, 5) is 14.8. The average Bonchev–Trinajstić information content (AvgIpc) is 2.26. The molecule has 0 fully saturated rings. The molecule has 2 aromatic rings. The number of carboxylic acid groups (broad SMARTS) is 1. The fourth-order valence-electron chi connectivity index (χ4n) is 1.49. The van der Waals surface area contributed by atoms with Crippen molar-refractivity contribution >= 4 is 5.97 Å². The Balaban J connectivity index is 2.42. The van der Waals surface area contributed by atoms with Gasteiger partial charge >= 0.3 is 5.97 Å². The number of carbonyl (C=O) groups is 1. The van der Waals surface area contributed by atoms with Gasteiger partial charge in [-0.2, -0.15) is 0 Å². The third-order valence-corrected chi connectivity index (χ3v) is 2.30. The number of hydrogen-bond acceptors (Lipinski definition) is 3. The van der Waals surface area contributed by atoms with Gasteiger partial charge < -0.3 is 9.84 Å². The number of pyridine rings is 1. The fourth-order valence-corrected chi connectivity index (χ4v) is 1.49. The van der Waals surface area contributed by atoms with E-state index in [0.29, 0.717) is 11.8 Å². The zero-order valence-electron chi connectivity index (χ0n) is 9.85. The minimum atomic E-state index is -1.24. The highest BCUT2D eigenvalue weighted by Crippen LogP contribution is 2.26. The quantitative estimate of drug-likeness (QED) is 0.926. The van der Waals surface area contributed by atoms with Gasteiger partial charge in [-0.15, -0.1) is 0 Å². The van der Waals surface area contributed by atoms with Crippen LogP contribution in [0.4, 0.5) is 8.78 Å². The number of hydrogen-bond donors (Lipinski definition) is 1. The number of aryl methyl sites for hydroxylation is 1. The Kier molecular flexibility index (Phi) is 3.41. The second-order valence-electron chi connectivity index (χ2n) is 3.83. The van der Waals surface area contributed by atoms with E-state index >= 15 is 0 Å². The first kappa shape index (κ1) is 12.9. The molecule has 0 radical (unpaired) electrons. The van der Waals surface area contributed by atoms with Gasteiger partial charge in [0.2, 0.25) is 0 Å². The van der Waals surface area contributed by atoms with Crippen LogP contribution in [0.5, 0.6) is 11.5 Å². The Morgan fingerprint density at radius 2 is 1.84 bits per heavy atom. The highest BCUT2D eigenvalue weighted by atomic mass is 19.1. The van der Waals surface area contributed by atoms with Crippen LogP contribution in [0.2, 0.25) is 0 Å². The van der Waals surface area contributed by atoms with Gasteiger partial charge in [0.1, 0.15) is 28.7 Å². The first-order chi connectivity index (χ1) is 8.95. The summed E-state index contributed by atoms with van der Waals surface area (Å²) in [5.41, 5.74) is 0.340. The van der Waals surface area contributed by atoms with E-state index in [-0.39, 0.29) is 17.1 Å². The number of aromatic carboxylic acids is 1. The maximum absolute atomic E-state index is 13.0. The molecule has 4 nitrogen and oxygen atoms in total. The lowest BCUT2D eigenvalue weighted by Crippen LogP contribution is -2.02. The molecule has 1 aromatic carbocycles. The first-order valence-electron chi connectivity index (χ1n) is 5.29. The summed E-state index contributed by atoms with van der Waals surface area (Å²) < 4.78 is 31.3. The van der Waals surface area contributed by atoms with E-state index in [9.17, 15) is 13.6 Å². The van der Waals surface area contributed by atoms with E-state index in [1.807, 2.05) is 0 Å². The summed E-state index contributed by atoms with van der Waals surface area (Å²) in [7, 11) is 0. The molecular formula is C13H9F2NO3. The van der Waals surface area contributed by atoms with Crippen molar-refractivity contribution in [1.29, 1.82) is 0 Å². The van der Waals surface area contributed by atoms with Gasteiger partial charge in [0, 0.05) is 36.2 Å². The molecule has 98 valence electrons. The Morgan fingerprint density at radius 1 is 1.21 bits per heavy atom. The summed E-state index contributed by atoms with van der Waals surface area (Å²) in [6, 6.07) is 4.00. The molecule has 6 heteroatoms. The van der Waals surface area contributed by atoms with Gasteiger partial charge in [-0.25, -0.2) is 13.6 Å². The number of aromatic nitrogens is 1. The Hall–Kier alpha value is -2.50. The van der Waals surface area contributed by atoms with E-state index in [1.165, 1.54) is 6.07 Å². The number of benzene rings is 1. The maximum atomic E-state index is 13.0. The minimum Gasteiger partial charge on any atom is -0.477 e. The number of nitrogens with zero attached hydrogens (tertiary/aromatic N) is 1. The van der Waals surface area contributed by atoms with Crippen LogP contribution in [0.1, 0.15) is 16.1 Å². The lowest BCUT2D eigenvalue weighted by atomic mass is 10.2. The van der Waals surface area contributed by atoms with Crippen LogP contribution in [-0.2, 0) is 0 Å². The van der Waals surface area contributed by atoms with E-state index in [2.05, 4.69) is 4.98 Å². The zero-order valence-corrected chi connectivity index (χ0v) is 9.85. The average molecular weight is 265 g/mol. The Morgan fingerprint density at radius 3 is 2.42 bits per heavy atom. The highest BCUT2D eigenvalue weighted by Gasteiger charge is 2.14. The molecule has 1 aromatic heterocycles. The predicted molar refractivity (Wildman–Crippen MR) is 62.4 cm³/mol. The van der Waals surface area contributed by atoms with Gasteiger partial charge in [0.25, 0.3) is 0 Å². The summed E-state index contributed by atoms with van der Waals surface area (Å²) in [6.45, 7) is 1.64. The van der Waals surface area contributed by atoms with E-state index in [0.717, 1.165) is 18.3 Å². The van der Waals surface area contributed by atoms with Crippen LogP contribution in [0.25, 0.3) is 0 Å². The molecular weight excluding hydrogens is 256 g/mol. The van der Waals surface area contributed by atoms with Crippen LogP contribution in [0, 0.1) is 18.6 Å². The second kappa shape index (κ2) is 5.01. The molecule has 1 N–H and O–H groups in total. The number of ether oxygens (including phenoxy) is 1. The third kappa shape index (κ3) is 3.04. The normalized spacial score (nSPS) is 10.3. The van der Waals surface area contributed by atoms with Gasteiger partial charge in [0.05, 0.1) is 0 Å². The molecule has 0 unspecified atom stereocenters. The van der Waals surface area contributed by atoms with Crippen LogP contribution in [-0.4, -0.2) is 16.1 Å². The number of carboxylic acids is 1. The summed E-state index contributed by atoms with van der Waals surface area (Å²) in [5.74, 6) is -3.00. The largest absolute Gasteiger partial charge is 0.477 e. The number of halogens is 2. The maximum Gasteiger partial charge on any atom is 0.341 e. The Bertz CT molecular complexity index is 624. The molecule has 0 aliphatic carbocycles. The SMILES string of the molecule is Cc1cc(Oc2cc(F)cc(F)c2)c(C(=O)O)cn1. The van der Waals surface area contributed by atoms with Crippen molar-refractivity contribution in [3.05, 3.63) is 53.4 Å². The van der Waals surface area contributed by atoms with Crippen molar-refractivity contribution in [2.24, 2.45) is 0 Å². The summed E-state index contributed by atoms with van der Waals surface area (Å²) >= 11 is 0. The standard InChI is InChI=1S/C13H9F2NO3/c1-7-2-12(11(6-16-7)13(17)18)19-10-4-8(14)3-9(15)5-10/h2-6H,1H3,(H,17,18). The van der Waals surface area contributed by atoms with Crippen molar-refractivity contribution < 1.29 is 23.4 Å². The van der Waals surface area contributed by atoms with Gasteiger partial charge in [-0.05, 0) is 6.92 Å². The third-order valence-electron chi connectivity index (χ3n) is 2.30. The smallest absolute Gasteiger partial charge is 0.341 e. The molecule has 0 aliphatic heterocycles. The molecule has 1 heterocycles. The zero-order chi connectivity index (χ0) is 14.0. The molecule has 19 heavy (non-hydrogen) atoms. The van der Waals surface area contributed by atoms with Crippen molar-refractivity contribution in [3.63, 3.8) is 0 Å². The van der Waals surface area contributed by atoms with Crippen molar-refractivity contribution in [1.82, 2.24) is 4.98 Å². The van der Waals surface area contributed by atoms with E-state index in [1.54, 1.807) is 6.92 Å². The summed E-state index contributed by atoms with van der Waals surface area (Å²) in [5, 5.41) is 8.98. The fraction of sp³-hybridized carbons (Fsp3) is 0.0769. The molecule has 0 saturated carbocycles. The van der Waals surface area contributed by atoms with Crippen LogP contribution in [0.15, 0.2) is 30.5 Å². The predicted octanol–water partition coefficient (Wildman–Crippen LogP) is 3.16. The lowest BCUT2D eigenvalue weighted by molar-refractivity contribution is 0.0693. The molecule has 0 bridgehead atoms. The monoisotopic (exact) mass is 265 g/mol. The first-order valence-corrected chi connectivity index (χ1v) is 5.29. The van der Waals surface area contributed by atoms with Crippen LogP contribution < -0.4 is 4.74 Å². The lowest BCUT2D eigenvalue weighted by Gasteiger charge is -2.09. The molecule has 0 amide bonds. The highest BCUT2D eigenvalue weighted by molar-refractivity contribution is 5.90. The topological polar surface area (TPSA) is 59.4 Å². The molecule has 0 spiro atoms. The van der Waals surface area contributed by atoms with Crippen LogP contribution >= 0.6 is 0 Å². The van der Waals surface area contributed by atoms with Gasteiger partial charge in [-0.1, -0.05) is 0 Å². The summed E-state index contributed by atoms with van der Waals surface area (Å²) in [6.07, 6.45) is 1.13. The molecule has 0 saturated heterocycles. The number of rotatable bonds is 3. The van der Waals surface area contributed by atoms with Gasteiger partial charge in [0.15, 0.2) is 0 Å². The van der Waals surface area contributed by atoms with Crippen molar-refractivity contribution in [2.45, 2.75) is 6.92 Å². The van der Waals surface area contributed by atoms with E-state index in [4.69, 9.17) is 9.84 Å². The second-order valence-corrected chi connectivity index (χ2v) is 3.83. The van der Waals surface area contributed by atoms with Crippen molar-refractivity contribution in [2.75, 3.05) is 0 Å². The minimum absolute atomic E-state index is 0.0231. The van der Waals surface area contributed by atoms with Crippen molar-refractivity contribution in [3.8, 4) is 11.5 Å². The molecule has 0 aliphatic rings. The van der Waals surface area contributed by atoms with Crippen LogP contribution in [0.3, 0.4) is 0 Å². The van der Waals surface area contributed by atoms with Gasteiger partial charge in [-0.3, -0.25) is 4.98 Å². The molecule has 0 atom stereocenters. The Labute approximate surface area is 107 Å². The molecule has 2 rings (SSSR count). The van der Waals surface area contributed by atoms with E-state index < -0.39 is 17.6 Å².